The Labute approximate surface area is 138 Å². The molecule has 0 fully saturated rings. The Morgan fingerprint density at radius 3 is 2.67 bits per heavy atom. The monoisotopic (exact) mass is 328 g/mol. The number of nitrogens with zero attached hydrogens (tertiary/aromatic N) is 1. The summed E-state index contributed by atoms with van der Waals surface area (Å²) in [5.41, 5.74) is 1.44. The number of nitro benzene ring substituents is 1. The molecular weight excluding hydrogens is 312 g/mol. The predicted molar refractivity (Wildman–Crippen MR) is 87.7 cm³/mol. The largest absolute Gasteiger partial charge is 0.454 e. The number of hydrogen-bond donors (Lipinski definition) is 1. The zero-order valence-corrected chi connectivity index (χ0v) is 13.2. The second-order valence-electron chi connectivity index (χ2n) is 5.52. The number of nitro groups is 1. The molecule has 0 amide bonds. The fourth-order valence-electron chi connectivity index (χ4n) is 2.52. The minimum Gasteiger partial charge on any atom is -0.454 e. The number of benzene rings is 2. The number of fused-ring (bicyclic) bond motifs is 1. The summed E-state index contributed by atoms with van der Waals surface area (Å²) in [6.07, 6.45) is 0. The van der Waals surface area contributed by atoms with Gasteiger partial charge in [0.2, 0.25) is 6.79 Å². The van der Waals surface area contributed by atoms with Gasteiger partial charge in [0.15, 0.2) is 17.3 Å². The fourth-order valence-corrected chi connectivity index (χ4v) is 2.52. The van der Waals surface area contributed by atoms with E-state index in [1.807, 2.05) is 25.1 Å². The topological polar surface area (TPSA) is 90.7 Å². The van der Waals surface area contributed by atoms with Crippen LogP contribution >= 0.6 is 0 Å². The van der Waals surface area contributed by atoms with Crippen molar-refractivity contribution in [2.45, 2.75) is 19.9 Å². The van der Waals surface area contributed by atoms with Crippen molar-refractivity contribution in [3.8, 4) is 11.5 Å². The Kier molecular flexibility index (Phi) is 4.07. The van der Waals surface area contributed by atoms with Gasteiger partial charge in [0, 0.05) is 17.7 Å². The van der Waals surface area contributed by atoms with Crippen molar-refractivity contribution in [2.24, 2.45) is 0 Å². The third-order valence-corrected chi connectivity index (χ3v) is 3.87. The van der Waals surface area contributed by atoms with Gasteiger partial charge in [-0.2, -0.15) is 0 Å². The third-order valence-electron chi connectivity index (χ3n) is 3.87. The first-order chi connectivity index (χ1) is 11.5. The first-order valence-electron chi connectivity index (χ1n) is 7.41. The summed E-state index contributed by atoms with van der Waals surface area (Å²) >= 11 is 0. The molecule has 2 aromatic carbocycles. The Bertz CT molecular complexity index is 819. The van der Waals surface area contributed by atoms with Gasteiger partial charge in [0.1, 0.15) is 5.69 Å². The van der Waals surface area contributed by atoms with Gasteiger partial charge in [-0.05, 0) is 43.7 Å². The molecule has 1 atom stereocenters. The van der Waals surface area contributed by atoms with Crippen molar-refractivity contribution in [3.63, 3.8) is 0 Å². The lowest BCUT2D eigenvalue weighted by atomic mass is 10.1. The molecule has 0 saturated carbocycles. The van der Waals surface area contributed by atoms with Crippen LogP contribution < -0.4 is 14.8 Å². The Morgan fingerprint density at radius 2 is 1.96 bits per heavy atom. The summed E-state index contributed by atoms with van der Waals surface area (Å²) in [6.45, 7) is 3.46. The van der Waals surface area contributed by atoms with E-state index in [1.54, 1.807) is 12.1 Å². The van der Waals surface area contributed by atoms with Gasteiger partial charge in [-0.3, -0.25) is 14.9 Å². The molecule has 2 aromatic rings. The average Bonchev–Trinajstić information content (AvgIpc) is 3.02. The van der Waals surface area contributed by atoms with Crippen LogP contribution in [0.5, 0.6) is 11.5 Å². The highest BCUT2D eigenvalue weighted by Gasteiger charge is 2.20. The number of Topliss-reactive ketones (excluding diaryl/α,β-unsaturated/α-hetero) is 1. The normalized spacial score (nSPS) is 13.4. The minimum absolute atomic E-state index is 0.129. The molecule has 7 heteroatoms. The maximum absolute atomic E-state index is 11.4. The van der Waals surface area contributed by atoms with E-state index in [1.165, 1.54) is 13.0 Å². The van der Waals surface area contributed by atoms with Crippen molar-refractivity contribution in [1.29, 1.82) is 0 Å². The predicted octanol–water partition coefficient (Wildman–Crippen LogP) is 3.70. The number of nitrogens with one attached hydrogen (secondary N) is 1. The number of carbonyl (C=O) groups excluding carboxylic acids is 1. The van der Waals surface area contributed by atoms with Crippen LogP contribution in [0, 0.1) is 10.1 Å². The SMILES string of the molecule is CC(=O)c1ccc(N[C@H](C)c2ccc3c(c2)OCO3)c([N+](=O)[O-])c1. The van der Waals surface area contributed by atoms with Gasteiger partial charge in [0.25, 0.3) is 5.69 Å². The molecule has 1 aliphatic rings. The second kappa shape index (κ2) is 6.19. The van der Waals surface area contributed by atoms with Crippen LogP contribution in [-0.2, 0) is 0 Å². The van der Waals surface area contributed by atoms with Crippen LogP contribution in [0.1, 0.15) is 35.8 Å². The number of hydrogen-bond acceptors (Lipinski definition) is 6. The Balaban J connectivity index is 1.87. The maximum atomic E-state index is 11.4. The molecule has 0 aliphatic carbocycles. The second-order valence-corrected chi connectivity index (χ2v) is 5.52. The summed E-state index contributed by atoms with van der Waals surface area (Å²) < 4.78 is 10.6. The summed E-state index contributed by atoms with van der Waals surface area (Å²) in [4.78, 5) is 22.2. The molecule has 1 aliphatic heterocycles. The van der Waals surface area contributed by atoms with Crippen molar-refractivity contribution in [1.82, 2.24) is 0 Å². The quantitative estimate of drug-likeness (QED) is 0.511. The standard InChI is InChI=1S/C17H16N2O5/c1-10(12-4-6-16-17(8-12)24-9-23-16)18-14-5-3-13(11(2)20)7-15(14)19(21)22/h3-8,10,18H,9H2,1-2H3/t10-/m1/s1. The number of ether oxygens (including phenoxy) is 2. The molecule has 0 saturated heterocycles. The summed E-state index contributed by atoms with van der Waals surface area (Å²) in [7, 11) is 0. The Hall–Kier alpha value is -3.09. The highest BCUT2D eigenvalue weighted by atomic mass is 16.7. The summed E-state index contributed by atoms with van der Waals surface area (Å²) in [6, 6.07) is 9.75. The van der Waals surface area contributed by atoms with Gasteiger partial charge in [-0.15, -0.1) is 0 Å². The van der Waals surface area contributed by atoms with E-state index in [2.05, 4.69) is 5.32 Å². The van der Waals surface area contributed by atoms with Crippen molar-refractivity contribution >= 4 is 17.2 Å². The lowest BCUT2D eigenvalue weighted by Gasteiger charge is -2.16. The van der Waals surface area contributed by atoms with E-state index in [9.17, 15) is 14.9 Å². The molecule has 0 radical (unpaired) electrons. The van der Waals surface area contributed by atoms with Crippen LogP contribution in [-0.4, -0.2) is 17.5 Å². The molecular formula is C17H16N2O5. The van der Waals surface area contributed by atoms with E-state index in [0.717, 1.165) is 5.56 Å². The van der Waals surface area contributed by atoms with E-state index >= 15 is 0 Å². The zero-order valence-electron chi connectivity index (χ0n) is 13.2. The first-order valence-corrected chi connectivity index (χ1v) is 7.41. The number of anilines is 1. The molecule has 1 heterocycles. The smallest absolute Gasteiger partial charge is 0.293 e. The fraction of sp³-hybridized carbons (Fsp3) is 0.235. The molecule has 0 unspecified atom stereocenters. The molecule has 0 spiro atoms. The molecule has 124 valence electrons. The molecule has 1 N–H and O–H groups in total. The van der Waals surface area contributed by atoms with Crippen molar-refractivity contribution < 1.29 is 19.2 Å². The Morgan fingerprint density at radius 1 is 1.21 bits per heavy atom. The van der Waals surface area contributed by atoms with Crippen LogP contribution in [0.3, 0.4) is 0 Å². The van der Waals surface area contributed by atoms with E-state index < -0.39 is 4.92 Å². The summed E-state index contributed by atoms with van der Waals surface area (Å²) in [5.74, 6) is 1.12. The first kappa shape index (κ1) is 15.8. The molecule has 0 aromatic heterocycles. The van der Waals surface area contributed by atoms with E-state index in [4.69, 9.17) is 9.47 Å². The number of rotatable bonds is 5. The van der Waals surface area contributed by atoms with Crippen molar-refractivity contribution in [3.05, 3.63) is 57.6 Å². The molecule has 24 heavy (non-hydrogen) atoms. The van der Waals surface area contributed by atoms with Crippen LogP contribution in [0.2, 0.25) is 0 Å². The maximum Gasteiger partial charge on any atom is 0.293 e. The molecule has 3 rings (SSSR count). The molecule has 0 bridgehead atoms. The van der Waals surface area contributed by atoms with Gasteiger partial charge < -0.3 is 14.8 Å². The average molecular weight is 328 g/mol. The van der Waals surface area contributed by atoms with Crippen LogP contribution in [0.15, 0.2) is 36.4 Å². The number of ketones is 1. The van der Waals surface area contributed by atoms with Crippen molar-refractivity contribution in [2.75, 3.05) is 12.1 Å². The lowest BCUT2D eigenvalue weighted by molar-refractivity contribution is -0.384. The van der Waals surface area contributed by atoms with Crippen LogP contribution in [0.4, 0.5) is 11.4 Å². The lowest BCUT2D eigenvalue weighted by Crippen LogP contribution is -2.09. The highest BCUT2D eigenvalue weighted by molar-refractivity contribution is 5.95. The van der Waals surface area contributed by atoms with Gasteiger partial charge in [-0.25, -0.2) is 0 Å². The zero-order chi connectivity index (χ0) is 17.3. The van der Waals surface area contributed by atoms with E-state index in [0.29, 0.717) is 22.7 Å². The van der Waals surface area contributed by atoms with Gasteiger partial charge in [-0.1, -0.05) is 6.07 Å². The van der Waals surface area contributed by atoms with Gasteiger partial charge >= 0.3 is 0 Å². The minimum atomic E-state index is -0.499. The number of carbonyl (C=O) groups is 1. The van der Waals surface area contributed by atoms with Gasteiger partial charge in [0.05, 0.1) is 4.92 Å². The molecule has 7 nitrogen and oxygen atoms in total. The highest BCUT2D eigenvalue weighted by Crippen LogP contribution is 2.36. The third kappa shape index (κ3) is 3.01. The van der Waals surface area contributed by atoms with E-state index in [-0.39, 0.29) is 24.3 Å². The summed E-state index contributed by atoms with van der Waals surface area (Å²) in [5, 5.41) is 14.4. The van der Waals surface area contributed by atoms with Crippen LogP contribution in [0.25, 0.3) is 0 Å².